The molecule has 7 nitrogen and oxygen atoms in total. The molecule has 2 aromatic carbocycles. The van der Waals surface area contributed by atoms with Gasteiger partial charge in [0.2, 0.25) is 0 Å². The van der Waals surface area contributed by atoms with Crippen molar-refractivity contribution < 1.29 is 29.0 Å². The number of aliphatic hydroxyl groups excluding tert-OH is 1. The van der Waals surface area contributed by atoms with Gasteiger partial charge in [0.05, 0.1) is 6.42 Å². The van der Waals surface area contributed by atoms with E-state index >= 15 is 0 Å². The molecule has 154 valence electrons. The van der Waals surface area contributed by atoms with Crippen LogP contribution < -0.4 is 5.32 Å². The fraction of sp³-hybridized carbons (Fsp3) is 0.217. The van der Waals surface area contributed by atoms with Gasteiger partial charge >= 0.3 is 12.1 Å². The number of nitrogens with one attached hydrogen (secondary N) is 1. The molecule has 1 amide bonds. The molecule has 0 saturated heterocycles. The van der Waals surface area contributed by atoms with E-state index < -0.39 is 18.1 Å². The lowest BCUT2D eigenvalue weighted by Crippen LogP contribution is -2.31. The van der Waals surface area contributed by atoms with Gasteiger partial charge in [-0.1, -0.05) is 48.5 Å². The van der Waals surface area contributed by atoms with Crippen molar-refractivity contribution in [1.82, 2.24) is 5.32 Å². The van der Waals surface area contributed by atoms with Crippen molar-refractivity contribution in [2.24, 2.45) is 0 Å². The third-order valence-electron chi connectivity index (χ3n) is 5.20. The number of carbonyl (C=O) groups excluding carboxylic acids is 1. The van der Waals surface area contributed by atoms with Gasteiger partial charge in [-0.3, -0.25) is 4.79 Å². The average molecular weight is 407 g/mol. The fourth-order valence-electron chi connectivity index (χ4n) is 3.85. The molecule has 0 spiro atoms. The Morgan fingerprint density at radius 1 is 1.00 bits per heavy atom. The zero-order chi connectivity index (χ0) is 21.1. The smallest absolute Gasteiger partial charge is 0.407 e. The van der Waals surface area contributed by atoms with Crippen LogP contribution in [0.25, 0.3) is 11.1 Å². The van der Waals surface area contributed by atoms with E-state index in [1.165, 1.54) is 12.1 Å². The Bertz CT molecular complexity index is 1030. The SMILES string of the molecule is O=C(O)CC(NC(=O)OCC1c2ccccc2-c2ccccc21)c1ccc(CO)o1. The summed E-state index contributed by atoms with van der Waals surface area (Å²) in [6, 6.07) is 18.2. The summed E-state index contributed by atoms with van der Waals surface area (Å²) < 4.78 is 10.9. The van der Waals surface area contributed by atoms with Gasteiger partial charge in [-0.15, -0.1) is 0 Å². The van der Waals surface area contributed by atoms with Gasteiger partial charge in [-0.2, -0.15) is 0 Å². The summed E-state index contributed by atoms with van der Waals surface area (Å²) >= 11 is 0. The third kappa shape index (κ3) is 3.92. The van der Waals surface area contributed by atoms with Gasteiger partial charge < -0.3 is 24.7 Å². The number of alkyl carbamates (subject to hydrolysis) is 1. The van der Waals surface area contributed by atoms with Crippen molar-refractivity contribution >= 4 is 12.1 Å². The summed E-state index contributed by atoms with van der Waals surface area (Å²) in [6.45, 7) is -0.190. The number of benzene rings is 2. The summed E-state index contributed by atoms with van der Waals surface area (Å²) in [5.41, 5.74) is 4.43. The average Bonchev–Trinajstić information content (AvgIpc) is 3.35. The number of carbonyl (C=O) groups is 2. The molecule has 0 bridgehead atoms. The highest BCUT2D eigenvalue weighted by Gasteiger charge is 2.29. The lowest BCUT2D eigenvalue weighted by atomic mass is 9.98. The maximum Gasteiger partial charge on any atom is 0.407 e. The van der Waals surface area contributed by atoms with Gasteiger partial charge in [0.1, 0.15) is 30.8 Å². The van der Waals surface area contributed by atoms with Crippen molar-refractivity contribution in [1.29, 1.82) is 0 Å². The molecule has 1 unspecified atom stereocenters. The van der Waals surface area contributed by atoms with Crippen LogP contribution in [0, 0.1) is 0 Å². The van der Waals surface area contributed by atoms with Gasteiger partial charge in [0.25, 0.3) is 0 Å². The highest BCUT2D eigenvalue weighted by molar-refractivity contribution is 5.79. The molecule has 0 radical (unpaired) electrons. The number of amides is 1. The van der Waals surface area contributed by atoms with E-state index in [9.17, 15) is 9.59 Å². The summed E-state index contributed by atoms with van der Waals surface area (Å²) in [6.07, 6.45) is -1.10. The van der Waals surface area contributed by atoms with E-state index in [2.05, 4.69) is 5.32 Å². The predicted octanol–water partition coefficient (Wildman–Crippen LogP) is 3.83. The molecule has 4 rings (SSSR count). The third-order valence-corrected chi connectivity index (χ3v) is 5.20. The van der Waals surface area contributed by atoms with E-state index in [1.807, 2.05) is 48.5 Å². The van der Waals surface area contributed by atoms with Crippen LogP contribution in [0.2, 0.25) is 0 Å². The zero-order valence-corrected chi connectivity index (χ0v) is 16.1. The van der Waals surface area contributed by atoms with Gasteiger partial charge in [0, 0.05) is 5.92 Å². The predicted molar refractivity (Wildman–Crippen MR) is 108 cm³/mol. The molecule has 7 heteroatoms. The number of fused-ring (bicyclic) bond motifs is 3. The van der Waals surface area contributed by atoms with Crippen molar-refractivity contribution in [3.63, 3.8) is 0 Å². The first-order valence-electron chi connectivity index (χ1n) is 9.59. The number of furan rings is 1. The number of rotatable bonds is 7. The maximum absolute atomic E-state index is 12.4. The van der Waals surface area contributed by atoms with E-state index in [0.29, 0.717) is 0 Å². The molecule has 0 aliphatic heterocycles. The topological polar surface area (TPSA) is 109 Å². The Morgan fingerprint density at radius 3 is 2.20 bits per heavy atom. The van der Waals surface area contributed by atoms with E-state index in [1.54, 1.807) is 0 Å². The second-order valence-corrected chi connectivity index (χ2v) is 7.08. The first-order chi connectivity index (χ1) is 14.6. The van der Waals surface area contributed by atoms with E-state index in [-0.39, 0.29) is 37.1 Å². The highest BCUT2D eigenvalue weighted by Crippen LogP contribution is 2.44. The van der Waals surface area contributed by atoms with Crippen LogP contribution >= 0.6 is 0 Å². The van der Waals surface area contributed by atoms with Crippen LogP contribution in [0.4, 0.5) is 4.79 Å². The molecule has 0 fully saturated rings. The lowest BCUT2D eigenvalue weighted by molar-refractivity contribution is -0.137. The minimum Gasteiger partial charge on any atom is -0.481 e. The second kappa shape index (κ2) is 8.42. The molecule has 30 heavy (non-hydrogen) atoms. The number of aliphatic carboxylic acids is 1. The molecule has 1 aromatic heterocycles. The van der Waals surface area contributed by atoms with Crippen molar-refractivity contribution in [3.05, 3.63) is 83.3 Å². The zero-order valence-electron chi connectivity index (χ0n) is 16.1. The summed E-state index contributed by atoms with van der Waals surface area (Å²) in [5.74, 6) is -0.656. The van der Waals surface area contributed by atoms with Gasteiger partial charge in [-0.05, 0) is 34.4 Å². The monoisotopic (exact) mass is 407 g/mol. The molecule has 1 heterocycles. The fourth-order valence-corrected chi connectivity index (χ4v) is 3.85. The summed E-state index contributed by atoms with van der Waals surface area (Å²) in [7, 11) is 0. The van der Waals surface area contributed by atoms with Crippen molar-refractivity contribution in [2.75, 3.05) is 6.61 Å². The number of hydrogen-bond donors (Lipinski definition) is 3. The highest BCUT2D eigenvalue weighted by atomic mass is 16.5. The van der Waals surface area contributed by atoms with Crippen LogP contribution in [0.3, 0.4) is 0 Å². The van der Waals surface area contributed by atoms with Crippen LogP contribution in [0.15, 0.2) is 65.1 Å². The quantitative estimate of drug-likeness (QED) is 0.549. The summed E-state index contributed by atoms with van der Waals surface area (Å²) in [5, 5.41) is 20.9. The van der Waals surface area contributed by atoms with Crippen LogP contribution in [0.1, 0.15) is 41.0 Å². The van der Waals surface area contributed by atoms with Gasteiger partial charge in [0.15, 0.2) is 0 Å². The largest absolute Gasteiger partial charge is 0.481 e. The number of carboxylic acids is 1. The normalized spacial score (nSPS) is 13.4. The molecule has 0 saturated carbocycles. The number of ether oxygens (including phenoxy) is 1. The molecule has 3 aromatic rings. The molecule has 1 atom stereocenters. The molecule has 1 aliphatic carbocycles. The number of carboxylic acid groups (broad SMARTS) is 1. The maximum atomic E-state index is 12.4. The molecule has 3 N–H and O–H groups in total. The Labute approximate surface area is 172 Å². The minimum atomic E-state index is -1.10. The van der Waals surface area contributed by atoms with E-state index in [0.717, 1.165) is 22.3 Å². The lowest BCUT2D eigenvalue weighted by Gasteiger charge is -2.17. The van der Waals surface area contributed by atoms with Crippen LogP contribution in [-0.2, 0) is 16.1 Å². The van der Waals surface area contributed by atoms with Gasteiger partial charge in [-0.25, -0.2) is 4.79 Å². The molecule has 1 aliphatic rings. The number of aliphatic hydroxyl groups is 1. The van der Waals surface area contributed by atoms with Crippen LogP contribution in [0.5, 0.6) is 0 Å². The first kappa shape index (κ1) is 19.7. The van der Waals surface area contributed by atoms with E-state index in [4.69, 9.17) is 19.4 Å². The second-order valence-electron chi connectivity index (χ2n) is 7.08. The van der Waals surface area contributed by atoms with Crippen LogP contribution in [-0.4, -0.2) is 28.9 Å². The van der Waals surface area contributed by atoms with Crippen molar-refractivity contribution in [3.8, 4) is 11.1 Å². The number of hydrogen-bond acceptors (Lipinski definition) is 5. The Balaban J connectivity index is 1.47. The Morgan fingerprint density at radius 2 is 1.63 bits per heavy atom. The van der Waals surface area contributed by atoms with Crippen molar-refractivity contribution in [2.45, 2.75) is 25.0 Å². The Hall–Kier alpha value is -3.58. The first-order valence-corrected chi connectivity index (χ1v) is 9.59. The standard InChI is InChI=1S/C23H21NO6/c25-12-14-9-10-21(30-14)20(11-22(26)27)24-23(28)29-13-19-17-7-3-1-5-15(17)16-6-2-4-8-18(16)19/h1-10,19-20,25H,11-13H2,(H,24,28)(H,26,27). The minimum absolute atomic E-state index is 0.0920. The molecular formula is C23H21NO6. The Kier molecular flexibility index (Phi) is 5.54. The molecular weight excluding hydrogens is 386 g/mol. The summed E-state index contributed by atoms with van der Waals surface area (Å²) in [4.78, 5) is 23.6.